The first-order chi connectivity index (χ1) is 19.1. The second-order valence-corrected chi connectivity index (χ2v) is 12.5. The van der Waals surface area contributed by atoms with Crippen LogP contribution in [-0.2, 0) is 27.5 Å². The molecule has 39 heavy (non-hydrogen) atoms. The molecule has 2 aromatic rings. The van der Waals surface area contributed by atoms with E-state index < -0.39 is 0 Å². The number of nitrogens with one attached hydrogen (secondary N) is 1. The van der Waals surface area contributed by atoms with E-state index in [1.807, 2.05) is 41.3 Å². The molecule has 6 nitrogen and oxygen atoms in total. The standard InChI is InChI=1S/C33H43N3O3/c37-31(39-24-26-9-5-2-6-10-26)12-11-30(34-14-13-33-21-27-19-29(33)20-28(27)22-33)32(38)36-17-15-35(16-18-36)23-25-7-3-1-4-8-25/h1-10,27-30,34H,11-24H2. The first-order valence-corrected chi connectivity index (χ1v) is 15.1. The van der Waals surface area contributed by atoms with Crippen molar-refractivity contribution in [3.05, 3.63) is 71.8 Å². The summed E-state index contributed by atoms with van der Waals surface area (Å²) in [6, 6.07) is 20.0. The SMILES string of the molecule is O=C(CCC(NCCC12CC3CC1CC3C2)C(=O)N1CCN(Cc2ccccc2)CC1)OCc1ccccc1. The van der Waals surface area contributed by atoms with E-state index in [-0.39, 0.29) is 30.9 Å². The molecular weight excluding hydrogens is 486 g/mol. The molecule has 6 heteroatoms. The van der Waals surface area contributed by atoms with Gasteiger partial charge in [0.15, 0.2) is 0 Å². The van der Waals surface area contributed by atoms with Crippen molar-refractivity contribution in [1.82, 2.24) is 15.1 Å². The summed E-state index contributed by atoms with van der Waals surface area (Å²) in [5.74, 6) is 2.76. The molecule has 5 aliphatic rings. The first-order valence-electron chi connectivity index (χ1n) is 15.1. The van der Waals surface area contributed by atoms with E-state index >= 15 is 0 Å². The van der Waals surface area contributed by atoms with Crippen LogP contribution in [0.25, 0.3) is 0 Å². The van der Waals surface area contributed by atoms with Crippen LogP contribution in [0.4, 0.5) is 0 Å². The van der Waals surface area contributed by atoms with Gasteiger partial charge in [0.2, 0.25) is 5.91 Å². The van der Waals surface area contributed by atoms with Crippen LogP contribution in [-0.4, -0.2) is 60.4 Å². The summed E-state index contributed by atoms with van der Waals surface area (Å²) >= 11 is 0. The fourth-order valence-corrected chi connectivity index (χ4v) is 8.15. The summed E-state index contributed by atoms with van der Waals surface area (Å²) < 4.78 is 5.52. The van der Waals surface area contributed by atoms with Crippen LogP contribution in [0.1, 0.15) is 56.1 Å². The van der Waals surface area contributed by atoms with Gasteiger partial charge in [0.25, 0.3) is 0 Å². The summed E-state index contributed by atoms with van der Waals surface area (Å²) in [6.45, 7) is 5.28. The molecule has 4 aliphatic carbocycles. The monoisotopic (exact) mass is 529 g/mol. The van der Waals surface area contributed by atoms with Crippen molar-refractivity contribution < 1.29 is 14.3 Å². The Kier molecular flexibility index (Phi) is 8.03. The lowest BCUT2D eigenvalue weighted by atomic mass is 9.78. The van der Waals surface area contributed by atoms with E-state index in [4.69, 9.17) is 4.74 Å². The highest BCUT2D eigenvalue weighted by molar-refractivity contribution is 5.82. The molecule has 1 aliphatic heterocycles. The number of rotatable bonds is 12. The van der Waals surface area contributed by atoms with Crippen LogP contribution in [0.5, 0.6) is 0 Å². The number of esters is 1. The van der Waals surface area contributed by atoms with Gasteiger partial charge >= 0.3 is 5.97 Å². The van der Waals surface area contributed by atoms with Gasteiger partial charge in [0, 0.05) is 39.1 Å². The van der Waals surface area contributed by atoms with Crippen LogP contribution in [0.15, 0.2) is 60.7 Å². The number of hydrogen-bond donors (Lipinski definition) is 1. The number of hydrogen-bond acceptors (Lipinski definition) is 5. The Morgan fingerprint density at radius 2 is 1.54 bits per heavy atom. The molecule has 3 atom stereocenters. The van der Waals surface area contributed by atoms with Crippen LogP contribution < -0.4 is 5.32 Å². The molecule has 4 bridgehead atoms. The minimum atomic E-state index is -0.333. The lowest BCUT2D eigenvalue weighted by Gasteiger charge is -2.37. The van der Waals surface area contributed by atoms with Crippen molar-refractivity contribution in [2.45, 2.75) is 64.1 Å². The summed E-state index contributed by atoms with van der Waals surface area (Å²) in [5.41, 5.74) is 2.81. The molecule has 1 amide bonds. The van der Waals surface area contributed by atoms with Crippen molar-refractivity contribution >= 4 is 11.9 Å². The molecule has 2 aromatic carbocycles. The molecule has 0 aromatic heterocycles. The largest absolute Gasteiger partial charge is 0.461 e. The molecule has 0 spiro atoms. The Morgan fingerprint density at radius 3 is 2.15 bits per heavy atom. The Morgan fingerprint density at radius 1 is 0.897 bits per heavy atom. The van der Waals surface area contributed by atoms with E-state index in [9.17, 15) is 9.59 Å². The highest BCUT2D eigenvalue weighted by Gasteiger charge is 2.62. The average Bonchev–Trinajstić information content (AvgIpc) is 3.71. The summed E-state index contributed by atoms with van der Waals surface area (Å²) in [5, 5.41) is 3.63. The lowest BCUT2D eigenvalue weighted by Crippen LogP contribution is -2.54. The summed E-state index contributed by atoms with van der Waals surface area (Å²) in [6.07, 6.45) is 7.58. The molecule has 1 heterocycles. The average molecular weight is 530 g/mol. The predicted molar refractivity (Wildman–Crippen MR) is 152 cm³/mol. The molecule has 3 unspecified atom stereocenters. The Bertz CT molecular complexity index is 1100. The van der Waals surface area contributed by atoms with Gasteiger partial charge in [-0.05, 0) is 79.4 Å². The van der Waals surface area contributed by atoms with Crippen LogP contribution in [0, 0.1) is 23.2 Å². The molecule has 4 saturated carbocycles. The third-order valence-electron chi connectivity index (χ3n) is 10.2. The summed E-state index contributed by atoms with van der Waals surface area (Å²) in [4.78, 5) is 30.7. The van der Waals surface area contributed by atoms with E-state index in [0.29, 0.717) is 11.8 Å². The zero-order chi connectivity index (χ0) is 26.7. The van der Waals surface area contributed by atoms with Gasteiger partial charge < -0.3 is 15.0 Å². The van der Waals surface area contributed by atoms with Gasteiger partial charge in [-0.1, -0.05) is 60.7 Å². The minimum absolute atomic E-state index is 0.141. The molecule has 1 N–H and O–H groups in total. The van der Waals surface area contributed by atoms with Gasteiger partial charge in [-0.2, -0.15) is 0 Å². The second kappa shape index (κ2) is 11.8. The van der Waals surface area contributed by atoms with Gasteiger partial charge in [0.05, 0.1) is 6.04 Å². The minimum Gasteiger partial charge on any atom is -0.461 e. The smallest absolute Gasteiger partial charge is 0.306 e. The fourth-order valence-electron chi connectivity index (χ4n) is 8.15. The van der Waals surface area contributed by atoms with Crippen molar-refractivity contribution in [1.29, 1.82) is 0 Å². The van der Waals surface area contributed by atoms with Crippen molar-refractivity contribution in [2.24, 2.45) is 23.2 Å². The van der Waals surface area contributed by atoms with Crippen molar-refractivity contribution in [3.63, 3.8) is 0 Å². The van der Waals surface area contributed by atoms with Crippen molar-refractivity contribution in [3.8, 4) is 0 Å². The maximum atomic E-state index is 13.7. The fraction of sp³-hybridized carbons (Fsp3) is 0.576. The highest BCUT2D eigenvalue weighted by atomic mass is 16.5. The molecule has 0 radical (unpaired) electrons. The lowest BCUT2D eigenvalue weighted by molar-refractivity contribution is -0.145. The van der Waals surface area contributed by atoms with E-state index in [0.717, 1.165) is 69.0 Å². The molecule has 208 valence electrons. The topological polar surface area (TPSA) is 61.9 Å². The van der Waals surface area contributed by atoms with Gasteiger partial charge in [-0.25, -0.2) is 0 Å². The number of carbonyl (C=O) groups excluding carboxylic acids is 2. The van der Waals surface area contributed by atoms with E-state index in [2.05, 4.69) is 34.5 Å². The number of amides is 1. The van der Waals surface area contributed by atoms with Crippen LogP contribution >= 0.6 is 0 Å². The molecule has 1 saturated heterocycles. The van der Waals surface area contributed by atoms with Gasteiger partial charge in [-0.15, -0.1) is 0 Å². The Balaban J connectivity index is 1.02. The number of ether oxygens (including phenoxy) is 1. The normalized spacial score (nSPS) is 28.2. The highest BCUT2D eigenvalue weighted by Crippen LogP contribution is 2.71. The second-order valence-electron chi connectivity index (χ2n) is 12.5. The molecule has 7 rings (SSSR count). The third-order valence-corrected chi connectivity index (χ3v) is 10.2. The van der Waals surface area contributed by atoms with Crippen LogP contribution in [0.3, 0.4) is 0 Å². The van der Waals surface area contributed by atoms with Crippen molar-refractivity contribution in [2.75, 3.05) is 32.7 Å². The number of nitrogens with zero attached hydrogens (tertiary/aromatic N) is 2. The van der Waals surface area contributed by atoms with Crippen LogP contribution in [0.2, 0.25) is 0 Å². The zero-order valence-corrected chi connectivity index (χ0v) is 23.1. The Labute approximate surface area is 233 Å². The first kappa shape index (κ1) is 26.5. The molecule has 5 fully saturated rings. The third kappa shape index (κ3) is 6.07. The Hall–Kier alpha value is -2.70. The number of benzene rings is 2. The van der Waals surface area contributed by atoms with E-state index in [1.54, 1.807) is 0 Å². The number of carbonyl (C=O) groups is 2. The maximum absolute atomic E-state index is 13.7. The molecular formula is C33H43N3O3. The van der Waals surface area contributed by atoms with Gasteiger partial charge in [-0.3, -0.25) is 14.5 Å². The number of piperazine rings is 1. The maximum Gasteiger partial charge on any atom is 0.306 e. The predicted octanol–water partition coefficient (Wildman–Crippen LogP) is 4.64. The zero-order valence-electron chi connectivity index (χ0n) is 23.1. The van der Waals surface area contributed by atoms with Gasteiger partial charge in [0.1, 0.15) is 6.61 Å². The van der Waals surface area contributed by atoms with E-state index in [1.165, 1.54) is 31.2 Å². The quantitative estimate of drug-likeness (QED) is 0.406. The summed E-state index contributed by atoms with van der Waals surface area (Å²) in [7, 11) is 0.